The number of hydrogen-bond acceptors (Lipinski definition) is 7. The summed E-state index contributed by atoms with van der Waals surface area (Å²) in [5.41, 5.74) is 2.31. The van der Waals surface area contributed by atoms with Crippen LogP contribution >= 0.6 is 0 Å². The molecule has 0 bridgehead atoms. The zero-order valence-electron chi connectivity index (χ0n) is 20.0. The van der Waals surface area contributed by atoms with Gasteiger partial charge in [0.2, 0.25) is 0 Å². The number of carbonyl (C=O) groups is 2. The molecule has 1 amide bonds. The molecule has 2 atom stereocenters. The molecule has 2 aliphatic rings. The molecule has 4 rings (SSSR count). The number of carbonyl (C=O) groups excluding carboxylic acids is 2. The number of amides is 1. The third-order valence-electron chi connectivity index (χ3n) is 6.07. The van der Waals surface area contributed by atoms with E-state index in [0.717, 1.165) is 59.3 Å². The number of likely N-dealkylation sites (tertiary alicyclic amines) is 1. The first kappa shape index (κ1) is 23.1. The van der Waals surface area contributed by atoms with Crippen molar-refractivity contribution in [1.29, 1.82) is 0 Å². The van der Waals surface area contributed by atoms with Crippen LogP contribution in [-0.2, 0) is 27.1 Å². The van der Waals surface area contributed by atoms with E-state index in [1.54, 1.807) is 27.9 Å². The van der Waals surface area contributed by atoms with Gasteiger partial charge in [-0.15, -0.1) is 0 Å². The van der Waals surface area contributed by atoms with E-state index >= 15 is 0 Å². The first-order valence-electron chi connectivity index (χ1n) is 11.4. The van der Waals surface area contributed by atoms with E-state index < -0.39 is 23.7 Å². The van der Waals surface area contributed by atoms with Gasteiger partial charge in [0.25, 0.3) is 0 Å². The number of aryl methyl sites for hydroxylation is 1. The fourth-order valence-corrected chi connectivity index (χ4v) is 4.55. The minimum absolute atomic E-state index is 0.240. The topological polar surface area (TPSA) is 87.2 Å². The Morgan fingerprint density at radius 2 is 1.88 bits per heavy atom. The molecular formula is C25H32N2O6. The molecule has 1 aliphatic heterocycles. The van der Waals surface area contributed by atoms with Gasteiger partial charge in [-0.25, -0.2) is 9.59 Å². The van der Waals surface area contributed by atoms with Gasteiger partial charge in [-0.2, -0.15) is 0 Å². The Balaban J connectivity index is 1.67. The molecule has 1 aromatic carbocycles. The second kappa shape index (κ2) is 9.08. The van der Waals surface area contributed by atoms with Crippen LogP contribution in [-0.4, -0.2) is 60.5 Å². The Kier molecular flexibility index (Phi) is 6.36. The van der Waals surface area contributed by atoms with Gasteiger partial charge in [0.15, 0.2) is 0 Å². The third kappa shape index (κ3) is 4.84. The molecule has 0 unspecified atom stereocenters. The normalized spacial score (nSPS) is 20.3. The quantitative estimate of drug-likeness (QED) is 0.642. The van der Waals surface area contributed by atoms with Crippen molar-refractivity contribution < 1.29 is 28.5 Å². The monoisotopic (exact) mass is 456 g/mol. The van der Waals surface area contributed by atoms with E-state index in [0.29, 0.717) is 6.42 Å². The van der Waals surface area contributed by atoms with Gasteiger partial charge in [-0.1, -0.05) is 0 Å². The van der Waals surface area contributed by atoms with Crippen LogP contribution in [0.4, 0.5) is 4.79 Å². The van der Waals surface area contributed by atoms with Crippen molar-refractivity contribution >= 4 is 23.0 Å². The molecule has 8 heteroatoms. The van der Waals surface area contributed by atoms with Crippen molar-refractivity contribution in [1.82, 2.24) is 9.88 Å². The number of methoxy groups -OCH3 is 2. The first-order valence-corrected chi connectivity index (χ1v) is 11.4. The molecule has 1 fully saturated rings. The number of benzene rings is 1. The third-order valence-corrected chi connectivity index (χ3v) is 6.07. The summed E-state index contributed by atoms with van der Waals surface area (Å²) < 4.78 is 22.4. The number of rotatable bonds is 4. The maximum absolute atomic E-state index is 12.8. The zero-order valence-corrected chi connectivity index (χ0v) is 20.0. The lowest BCUT2D eigenvalue weighted by Crippen LogP contribution is -2.44. The van der Waals surface area contributed by atoms with Gasteiger partial charge in [-0.05, 0) is 58.6 Å². The van der Waals surface area contributed by atoms with Gasteiger partial charge in [0.1, 0.15) is 29.2 Å². The van der Waals surface area contributed by atoms with Gasteiger partial charge in [0, 0.05) is 29.1 Å². The average Bonchev–Trinajstić information content (AvgIpc) is 3.21. The fraction of sp³-hybridized carbons (Fsp3) is 0.560. The van der Waals surface area contributed by atoms with Crippen LogP contribution in [0.15, 0.2) is 18.2 Å². The summed E-state index contributed by atoms with van der Waals surface area (Å²) in [4.78, 5) is 31.6. The Labute approximate surface area is 194 Å². The molecular weight excluding hydrogens is 424 g/mol. The first-order chi connectivity index (χ1) is 15.7. The van der Waals surface area contributed by atoms with Crippen LogP contribution in [0.25, 0.3) is 10.9 Å². The summed E-state index contributed by atoms with van der Waals surface area (Å²) in [6.07, 6.45) is 3.37. The Bertz CT molecular complexity index is 1060. The molecule has 2 aromatic rings. The van der Waals surface area contributed by atoms with E-state index in [9.17, 15) is 9.59 Å². The number of aromatic nitrogens is 1. The molecule has 33 heavy (non-hydrogen) atoms. The van der Waals surface area contributed by atoms with Crippen LogP contribution in [0.1, 0.15) is 51.3 Å². The molecule has 1 saturated heterocycles. The largest absolute Gasteiger partial charge is 0.497 e. The van der Waals surface area contributed by atoms with E-state index in [1.165, 1.54) is 12.0 Å². The van der Waals surface area contributed by atoms with Gasteiger partial charge >= 0.3 is 12.1 Å². The smallest absolute Gasteiger partial charge is 0.411 e. The van der Waals surface area contributed by atoms with Crippen LogP contribution in [0.5, 0.6) is 11.5 Å². The molecule has 8 nitrogen and oxygen atoms in total. The van der Waals surface area contributed by atoms with Gasteiger partial charge < -0.3 is 18.9 Å². The molecule has 0 N–H and O–H groups in total. The maximum Gasteiger partial charge on any atom is 0.411 e. The summed E-state index contributed by atoms with van der Waals surface area (Å²) in [5, 5.41) is 0.904. The summed E-state index contributed by atoms with van der Waals surface area (Å²) in [5.74, 6) is 1.05. The van der Waals surface area contributed by atoms with Crippen LogP contribution in [0.2, 0.25) is 0 Å². The summed E-state index contributed by atoms with van der Waals surface area (Å²) in [6, 6.07) is 5.02. The van der Waals surface area contributed by atoms with Crippen molar-refractivity contribution in [3.63, 3.8) is 0 Å². The van der Waals surface area contributed by atoms with Crippen molar-refractivity contribution in [3.8, 4) is 11.5 Å². The second-order valence-corrected chi connectivity index (χ2v) is 9.60. The van der Waals surface area contributed by atoms with Crippen LogP contribution < -0.4 is 9.47 Å². The SMILES string of the molecule is COC(=O)[C@@H]1C[C@@H](Oc2c3c(nc4cc(OC)ccc24)CCCC3)CN1C(=O)OC(C)(C)C. The molecule has 2 heterocycles. The minimum Gasteiger partial charge on any atom is -0.497 e. The molecule has 0 spiro atoms. The molecule has 0 radical (unpaired) electrons. The second-order valence-electron chi connectivity index (χ2n) is 9.60. The average molecular weight is 457 g/mol. The minimum atomic E-state index is -0.751. The van der Waals surface area contributed by atoms with Gasteiger partial charge in [0.05, 0.1) is 26.3 Å². The van der Waals surface area contributed by atoms with E-state index in [1.807, 2.05) is 18.2 Å². The van der Waals surface area contributed by atoms with E-state index in [-0.39, 0.29) is 12.6 Å². The number of ether oxygens (including phenoxy) is 4. The summed E-state index contributed by atoms with van der Waals surface area (Å²) in [7, 11) is 2.96. The lowest BCUT2D eigenvalue weighted by atomic mass is 9.93. The number of esters is 1. The van der Waals surface area contributed by atoms with Crippen molar-refractivity contribution in [2.45, 2.75) is 70.6 Å². The van der Waals surface area contributed by atoms with Crippen LogP contribution in [0, 0.1) is 0 Å². The highest BCUT2D eigenvalue weighted by Gasteiger charge is 2.43. The maximum atomic E-state index is 12.8. The summed E-state index contributed by atoms with van der Waals surface area (Å²) in [6.45, 7) is 5.63. The molecule has 1 aliphatic carbocycles. The molecule has 0 saturated carbocycles. The number of pyridine rings is 1. The summed E-state index contributed by atoms with van der Waals surface area (Å²) >= 11 is 0. The molecule has 178 valence electrons. The zero-order chi connectivity index (χ0) is 23.8. The number of nitrogens with zero attached hydrogens (tertiary/aromatic N) is 2. The van der Waals surface area contributed by atoms with Crippen molar-refractivity contribution in [3.05, 3.63) is 29.5 Å². The fourth-order valence-electron chi connectivity index (χ4n) is 4.55. The Morgan fingerprint density at radius 3 is 2.58 bits per heavy atom. The number of fused-ring (bicyclic) bond motifs is 2. The predicted molar refractivity (Wildman–Crippen MR) is 123 cm³/mol. The standard InChI is InChI=1S/C25H32N2O6/c1-25(2,3)33-24(29)27-14-16(13-21(27)23(28)31-5)32-22-17-8-6-7-9-19(17)26-20-12-15(30-4)10-11-18(20)22/h10-12,16,21H,6-9,13-14H2,1-5H3/t16-,21+/m1/s1. The van der Waals surface area contributed by atoms with Crippen LogP contribution in [0.3, 0.4) is 0 Å². The highest BCUT2D eigenvalue weighted by atomic mass is 16.6. The Hall–Kier alpha value is -3.03. The van der Waals surface area contributed by atoms with Gasteiger partial charge in [-0.3, -0.25) is 9.88 Å². The lowest BCUT2D eigenvalue weighted by molar-refractivity contribution is -0.145. The predicted octanol–water partition coefficient (Wildman–Crippen LogP) is 4.05. The lowest BCUT2D eigenvalue weighted by Gasteiger charge is -2.27. The van der Waals surface area contributed by atoms with Crippen molar-refractivity contribution in [2.75, 3.05) is 20.8 Å². The van der Waals surface area contributed by atoms with E-state index in [4.69, 9.17) is 23.9 Å². The molecule has 1 aromatic heterocycles. The van der Waals surface area contributed by atoms with E-state index in [2.05, 4.69) is 0 Å². The highest BCUT2D eigenvalue weighted by Crippen LogP contribution is 2.38. The number of hydrogen-bond donors (Lipinski definition) is 0. The Morgan fingerprint density at radius 1 is 1.12 bits per heavy atom. The van der Waals surface area contributed by atoms with Crippen molar-refractivity contribution in [2.24, 2.45) is 0 Å². The highest BCUT2D eigenvalue weighted by molar-refractivity contribution is 5.88.